The lowest BCUT2D eigenvalue weighted by atomic mass is 10.1. The highest BCUT2D eigenvalue weighted by Gasteiger charge is 2.26. The van der Waals surface area contributed by atoms with Crippen LogP contribution in [0.15, 0.2) is 40.3 Å². The van der Waals surface area contributed by atoms with Crippen LogP contribution in [0.3, 0.4) is 0 Å². The number of piperazine rings is 1. The van der Waals surface area contributed by atoms with E-state index in [4.69, 9.17) is 4.42 Å². The zero-order valence-corrected chi connectivity index (χ0v) is 16.5. The summed E-state index contributed by atoms with van der Waals surface area (Å²) in [6.07, 6.45) is 1.43. The normalized spacial score (nSPS) is 18.0. The Balaban J connectivity index is 1.56. The van der Waals surface area contributed by atoms with Crippen LogP contribution in [0.25, 0.3) is 0 Å². The molecule has 0 radical (unpaired) electrons. The first kappa shape index (κ1) is 19.6. The quantitative estimate of drug-likeness (QED) is 0.750. The molecule has 2 aromatic heterocycles. The van der Waals surface area contributed by atoms with Gasteiger partial charge >= 0.3 is 0 Å². The summed E-state index contributed by atoms with van der Waals surface area (Å²) in [4.78, 5) is 30.5. The predicted octanol–water partition coefficient (Wildman–Crippen LogP) is 1.56. The third kappa shape index (κ3) is 5.18. The Labute approximate surface area is 163 Å². The van der Waals surface area contributed by atoms with E-state index in [1.165, 1.54) is 11.1 Å². The predicted molar refractivity (Wildman–Crippen MR) is 105 cm³/mol. The van der Waals surface area contributed by atoms with Crippen molar-refractivity contribution in [3.63, 3.8) is 0 Å². The first-order valence-corrected chi connectivity index (χ1v) is 10.0. The van der Waals surface area contributed by atoms with Crippen LogP contribution in [0, 0.1) is 0 Å². The molecule has 27 heavy (non-hydrogen) atoms. The van der Waals surface area contributed by atoms with Gasteiger partial charge in [-0.25, -0.2) is 0 Å². The summed E-state index contributed by atoms with van der Waals surface area (Å²) in [5.41, 5.74) is 0. The molecule has 2 N–H and O–H groups in total. The molecule has 8 heteroatoms. The lowest BCUT2D eigenvalue weighted by molar-refractivity contribution is -0.122. The maximum absolute atomic E-state index is 12.5. The maximum Gasteiger partial charge on any atom is 0.287 e. The minimum Gasteiger partial charge on any atom is -0.459 e. The summed E-state index contributed by atoms with van der Waals surface area (Å²) in [6, 6.07) is 6.87. The van der Waals surface area contributed by atoms with Crippen molar-refractivity contribution in [1.29, 1.82) is 0 Å². The number of thiophene rings is 1. The molecule has 0 saturated carbocycles. The third-order valence-electron chi connectivity index (χ3n) is 4.81. The number of nitrogens with zero attached hydrogens (tertiary/aromatic N) is 2. The van der Waals surface area contributed by atoms with E-state index in [0.717, 1.165) is 26.2 Å². The number of rotatable bonds is 7. The Morgan fingerprint density at radius 3 is 2.63 bits per heavy atom. The molecule has 1 aliphatic heterocycles. The second-order valence-corrected chi connectivity index (χ2v) is 7.77. The van der Waals surface area contributed by atoms with Gasteiger partial charge in [-0.15, -0.1) is 11.3 Å². The fourth-order valence-electron chi connectivity index (χ4n) is 3.12. The summed E-state index contributed by atoms with van der Waals surface area (Å²) in [5, 5.41) is 7.72. The van der Waals surface area contributed by atoms with E-state index in [1.54, 1.807) is 30.4 Å². The van der Waals surface area contributed by atoms with Gasteiger partial charge in [0.2, 0.25) is 5.91 Å². The Morgan fingerprint density at radius 2 is 2.00 bits per heavy atom. The molecule has 0 bridgehead atoms. The maximum atomic E-state index is 12.5. The van der Waals surface area contributed by atoms with Gasteiger partial charge in [0.15, 0.2) is 5.76 Å². The van der Waals surface area contributed by atoms with Crippen molar-refractivity contribution in [2.75, 3.05) is 39.8 Å². The highest BCUT2D eigenvalue weighted by atomic mass is 32.1. The standard InChI is InChI=1S/C19H26N4O3S/c1-14(21-19(25)16-5-3-11-26-16)18(24)20-13-15(17-6-4-12-27-17)23-9-7-22(2)8-10-23/h3-6,11-12,14-15H,7-10,13H2,1-2H3,(H,20,24)(H,21,25). The van der Waals surface area contributed by atoms with Crippen LogP contribution in [-0.4, -0.2) is 67.4 Å². The van der Waals surface area contributed by atoms with Crippen LogP contribution in [0.1, 0.15) is 28.4 Å². The molecule has 0 aliphatic carbocycles. The van der Waals surface area contributed by atoms with Crippen molar-refractivity contribution in [1.82, 2.24) is 20.4 Å². The fourth-order valence-corrected chi connectivity index (χ4v) is 3.98. The van der Waals surface area contributed by atoms with Crippen molar-refractivity contribution in [2.45, 2.75) is 19.0 Å². The molecule has 0 spiro atoms. The average molecular weight is 391 g/mol. The molecule has 2 atom stereocenters. The molecule has 1 fully saturated rings. The molecule has 7 nitrogen and oxygen atoms in total. The highest BCUT2D eigenvalue weighted by molar-refractivity contribution is 7.10. The van der Waals surface area contributed by atoms with Gasteiger partial charge < -0.3 is 20.0 Å². The van der Waals surface area contributed by atoms with Gasteiger partial charge in [-0.2, -0.15) is 0 Å². The number of hydrogen-bond acceptors (Lipinski definition) is 6. The fraction of sp³-hybridized carbons (Fsp3) is 0.474. The molecule has 3 heterocycles. The molecular weight excluding hydrogens is 364 g/mol. The van der Waals surface area contributed by atoms with E-state index in [1.807, 2.05) is 6.07 Å². The van der Waals surface area contributed by atoms with E-state index in [-0.39, 0.29) is 17.7 Å². The SMILES string of the molecule is CC(NC(=O)c1ccco1)C(=O)NCC(c1cccs1)N1CCN(C)CC1. The largest absolute Gasteiger partial charge is 0.459 e. The van der Waals surface area contributed by atoms with E-state index in [0.29, 0.717) is 6.54 Å². The van der Waals surface area contributed by atoms with E-state index in [2.05, 4.69) is 38.9 Å². The minimum atomic E-state index is -0.640. The number of furan rings is 1. The van der Waals surface area contributed by atoms with Crippen LogP contribution in [-0.2, 0) is 4.79 Å². The van der Waals surface area contributed by atoms with Gasteiger partial charge in [-0.1, -0.05) is 6.07 Å². The summed E-state index contributed by atoms with van der Waals surface area (Å²) in [6.45, 7) is 6.17. The molecule has 0 aromatic carbocycles. The van der Waals surface area contributed by atoms with Gasteiger partial charge in [0, 0.05) is 37.6 Å². The number of amides is 2. The summed E-state index contributed by atoms with van der Waals surface area (Å²) < 4.78 is 5.06. The van der Waals surface area contributed by atoms with Crippen LogP contribution in [0.5, 0.6) is 0 Å². The van der Waals surface area contributed by atoms with Crippen LogP contribution in [0.2, 0.25) is 0 Å². The third-order valence-corrected chi connectivity index (χ3v) is 5.78. The monoisotopic (exact) mass is 390 g/mol. The zero-order valence-electron chi connectivity index (χ0n) is 15.7. The van der Waals surface area contributed by atoms with E-state index in [9.17, 15) is 9.59 Å². The second-order valence-electron chi connectivity index (χ2n) is 6.79. The van der Waals surface area contributed by atoms with Crippen LogP contribution in [0.4, 0.5) is 0 Å². The summed E-state index contributed by atoms with van der Waals surface area (Å²) >= 11 is 1.71. The van der Waals surface area contributed by atoms with Crippen molar-refractivity contribution < 1.29 is 14.0 Å². The van der Waals surface area contributed by atoms with Crippen molar-refractivity contribution in [3.05, 3.63) is 46.5 Å². The first-order chi connectivity index (χ1) is 13.0. The van der Waals surface area contributed by atoms with E-state index < -0.39 is 11.9 Å². The summed E-state index contributed by atoms with van der Waals surface area (Å²) in [7, 11) is 2.13. The Hall–Kier alpha value is -2.16. The topological polar surface area (TPSA) is 77.8 Å². The number of hydrogen-bond donors (Lipinski definition) is 2. The molecular formula is C19H26N4O3S. The number of likely N-dealkylation sites (N-methyl/N-ethyl adjacent to an activating group) is 1. The highest BCUT2D eigenvalue weighted by Crippen LogP contribution is 2.25. The first-order valence-electron chi connectivity index (χ1n) is 9.12. The molecule has 1 aliphatic rings. The van der Waals surface area contributed by atoms with Gasteiger partial charge in [-0.05, 0) is 37.6 Å². The van der Waals surface area contributed by atoms with Gasteiger partial charge in [-0.3, -0.25) is 14.5 Å². The van der Waals surface area contributed by atoms with Crippen LogP contribution < -0.4 is 10.6 Å². The van der Waals surface area contributed by atoms with Crippen molar-refractivity contribution in [3.8, 4) is 0 Å². The van der Waals surface area contributed by atoms with E-state index >= 15 is 0 Å². The van der Waals surface area contributed by atoms with Crippen molar-refractivity contribution in [2.24, 2.45) is 0 Å². The lowest BCUT2D eigenvalue weighted by Gasteiger charge is -2.37. The number of nitrogens with one attached hydrogen (secondary N) is 2. The van der Waals surface area contributed by atoms with Gasteiger partial charge in [0.25, 0.3) is 5.91 Å². The van der Waals surface area contributed by atoms with Gasteiger partial charge in [0.05, 0.1) is 12.3 Å². The minimum absolute atomic E-state index is 0.149. The molecule has 2 aromatic rings. The molecule has 2 amide bonds. The number of carbonyl (C=O) groups excluding carboxylic acids is 2. The molecule has 3 rings (SSSR count). The number of carbonyl (C=O) groups is 2. The molecule has 2 unspecified atom stereocenters. The lowest BCUT2D eigenvalue weighted by Crippen LogP contribution is -2.50. The van der Waals surface area contributed by atoms with Crippen molar-refractivity contribution >= 4 is 23.2 Å². The van der Waals surface area contributed by atoms with Gasteiger partial charge in [0.1, 0.15) is 6.04 Å². The second kappa shape index (κ2) is 9.16. The zero-order chi connectivity index (χ0) is 19.2. The van der Waals surface area contributed by atoms with Crippen LogP contribution >= 0.6 is 11.3 Å². The smallest absolute Gasteiger partial charge is 0.287 e. The Bertz CT molecular complexity index is 724. The Morgan fingerprint density at radius 1 is 1.22 bits per heavy atom. The molecule has 146 valence electrons. The summed E-state index contributed by atoms with van der Waals surface area (Å²) in [5.74, 6) is -0.398. The Kier molecular flexibility index (Phi) is 6.65. The average Bonchev–Trinajstić information content (AvgIpc) is 3.37. The molecule has 1 saturated heterocycles.